The number of rotatable bonds is 8. The molecule has 1 aromatic heterocycles. The first-order valence-corrected chi connectivity index (χ1v) is 9.86. The van der Waals surface area contributed by atoms with Crippen molar-refractivity contribution in [2.75, 3.05) is 17.7 Å². The highest BCUT2D eigenvalue weighted by molar-refractivity contribution is 7.99. The number of carbonyl (C=O) groups excluding carboxylic acids is 2. The van der Waals surface area contributed by atoms with Crippen LogP contribution in [0.15, 0.2) is 60.0 Å². The maximum absolute atomic E-state index is 12.9. The Labute approximate surface area is 175 Å². The number of nitrogens with one attached hydrogen (secondary N) is 1. The van der Waals surface area contributed by atoms with Gasteiger partial charge >= 0.3 is 5.97 Å². The van der Waals surface area contributed by atoms with Gasteiger partial charge in [-0.1, -0.05) is 11.6 Å². The molecule has 1 heterocycles. The van der Waals surface area contributed by atoms with Gasteiger partial charge in [-0.3, -0.25) is 9.59 Å². The molecular weight excluding hydrogens is 419 g/mol. The van der Waals surface area contributed by atoms with Gasteiger partial charge in [-0.25, -0.2) is 14.1 Å². The van der Waals surface area contributed by atoms with Gasteiger partial charge in [-0.05, 0) is 42.5 Å². The number of hydrogen-bond donors (Lipinski definition) is 1. The molecule has 0 unspecified atom stereocenters. The number of benzene rings is 2. The van der Waals surface area contributed by atoms with Crippen LogP contribution in [-0.4, -0.2) is 39.0 Å². The van der Waals surface area contributed by atoms with Crippen molar-refractivity contribution in [2.24, 2.45) is 0 Å². The highest BCUT2D eigenvalue weighted by Gasteiger charge is 2.12. The molecule has 1 amide bonds. The molecule has 0 aliphatic heterocycles. The number of esters is 1. The van der Waals surface area contributed by atoms with Crippen molar-refractivity contribution < 1.29 is 18.7 Å². The lowest BCUT2D eigenvalue weighted by Gasteiger charge is -2.11. The highest BCUT2D eigenvalue weighted by Crippen LogP contribution is 2.24. The van der Waals surface area contributed by atoms with Crippen LogP contribution in [0.25, 0.3) is 5.69 Å². The maximum Gasteiger partial charge on any atom is 0.307 e. The zero-order chi connectivity index (χ0) is 20.6. The maximum atomic E-state index is 12.9. The molecule has 0 aliphatic rings. The van der Waals surface area contributed by atoms with E-state index in [1.54, 1.807) is 30.3 Å². The van der Waals surface area contributed by atoms with Crippen LogP contribution < -0.4 is 5.32 Å². The molecule has 29 heavy (non-hydrogen) atoms. The summed E-state index contributed by atoms with van der Waals surface area (Å²) < 4.78 is 19.3. The minimum atomic E-state index is -0.506. The third-order valence-electron chi connectivity index (χ3n) is 3.65. The van der Waals surface area contributed by atoms with E-state index in [1.165, 1.54) is 41.2 Å². The van der Waals surface area contributed by atoms with Crippen molar-refractivity contribution in [3.8, 4) is 5.69 Å². The van der Waals surface area contributed by atoms with Crippen LogP contribution in [0.2, 0.25) is 5.02 Å². The molecule has 0 atom stereocenters. The van der Waals surface area contributed by atoms with Crippen LogP contribution in [0.3, 0.4) is 0 Å². The Morgan fingerprint density at radius 2 is 2.00 bits per heavy atom. The van der Waals surface area contributed by atoms with Gasteiger partial charge < -0.3 is 10.1 Å². The van der Waals surface area contributed by atoms with Gasteiger partial charge in [-0.2, -0.15) is 5.10 Å². The standard InChI is InChI=1S/C19H16ClFN4O3S/c20-13-1-6-17(25-12-22-11-23-25)16(9-13)24-18(26)10-28-19(27)7-8-29-15-4-2-14(21)3-5-15/h1-6,9,11-12H,7-8,10H2,(H,24,26). The van der Waals surface area contributed by atoms with Crippen LogP contribution in [-0.2, 0) is 14.3 Å². The Morgan fingerprint density at radius 3 is 2.72 bits per heavy atom. The monoisotopic (exact) mass is 434 g/mol. The second kappa shape index (κ2) is 10.0. The van der Waals surface area contributed by atoms with Crippen molar-refractivity contribution >= 4 is 40.9 Å². The molecule has 0 aliphatic carbocycles. The van der Waals surface area contributed by atoms with Gasteiger partial charge in [0.15, 0.2) is 6.61 Å². The van der Waals surface area contributed by atoms with Crippen molar-refractivity contribution in [2.45, 2.75) is 11.3 Å². The van der Waals surface area contributed by atoms with Gasteiger partial charge in [0.1, 0.15) is 18.5 Å². The highest BCUT2D eigenvalue weighted by atomic mass is 35.5. The van der Waals surface area contributed by atoms with Crippen molar-refractivity contribution in [3.63, 3.8) is 0 Å². The summed E-state index contributed by atoms with van der Waals surface area (Å²) in [4.78, 5) is 28.7. The molecular formula is C19H16ClFN4O3S. The van der Waals surface area contributed by atoms with Gasteiger partial charge in [0, 0.05) is 15.7 Å². The Kier molecular flexibility index (Phi) is 7.20. The quantitative estimate of drug-likeness (QED) is 0.429. The van der Waals surface area contributed by atoms with E-state index in [2.05, 4.69) is 15.4 Å². The van der Waals surface area contributed by atoms with Crippen LogP contribution >= 0.6 is 23.4 Å². The predicted molar refractivity (Wildman–Crippen MR) is 108 cm³/mol. The normalized spacial score (nSPS) is 10.6. The molecule has 3 aromatic rings. The summed E-state index contributed by atoms with van der Waals surface area (Å²) >= 11 is 7.40. The van der Waals surface area contributed by atoms with E-state index in [4.69, 9.17) is 16.3 Å². The Bertz CT molecular complexity index is 984. The lowest BCUT2D eigenvalue weighted by Crippen LogP contribution is -2.22. The first kappa shape index (κ1) is 20.8. The van der Waals surface area contributed by atoms with Crippen LogP contribution in [0.1, 0.15) is 6.42 Å². The van der Waals surface area contributed by atoms with E-state index in [-0.39, 0.29) is 12.2 Å². The summed E-state index contributed by atoms with van der Waals surface area (Å²) in [6.07, 6.45) is 2.97. The largest absolute Gasteiger partial charge is 0.456 e. The van der Waals surface area contributed by atoms with E-state index in [0.29, 0.717) is 22.2 Å². The number of anilines is 1. The van der Waals surface area contributed by atoms with E-state index in [9.17, 15) is 14.0 Å². The minimum Gasteiger partial charge on any atom is -0.456 e. The Morgan fingerprint density at radius 1 is 1.21 bits per heavy atom. The fourth-order valence-electron chi connectivity index (χ4n) is 2.33. The molecule has 150 valence electrons. The van der Waals surface area contributed by atoms with Crippen LogP contribution in [0, 0.1) is 5.82 Å². The molecule has 0 bridgehead atoms. The molecule has 0 fully saturated rings. The number of ether oxygens (including phenoxy) is 1. The summed E-state index contributed by atoms with van der Waals surface area (Å²) in [7, 11) is 0. The average molecular weight is 435 g/mol. The van der Waals surface area contributed by atoms with E-state index in [0.717, 1.165) is 4.90 Å². The van der Waals surface area contributed by atoms with E-state index < -0.39 is 18.5 Å². The molecule has 0 saturated heterocycles. The van der Waals surface area contributed by atoms with Gasteiger partial charge in [0.25, 0.3) is 5.91 Å². The average Bonchev–Trinajstić information content (AvgIpc) is 3.23. The zero-order valence-electron chi connectivity index (χ0n) is 15.0. The molecule has 7 nitrogen and oxygen atoms in total. The molecule has 0 spiro atoms. The van der Waals surface area contributed by atoms with Crippen molar-refractivity contribution in [1.82, 2.24) is 14.8 Å². The minimum absolute atomic E-state index is 0.122. The number of thioether (sulfide) groups is 1. The van der Waals surface area contributed by atoms with Crippen LogP contribution in [0.5, 0.6) is 0 Å². The van der Waals surface area contributed by atoms with Crippen molar-refractivity contribution in [3.05, 3.63) is 66.0 Å². The molecule has 0 radical (unpaired) electrons. The first-order valence-electron chi connectivity index (χ1n) is 8.49. The number of hydrogen-bond acceptors (Lipinski definition) is 6. The number of aromatic nitrogens is 3. The fourth-order valence-corrected chi connectivity index (χ4v) is 3.33. The second-order valence-corrected chi connectivity index (χ2v) is 7.37. The Hall–Kier alpha value is -2.91. The lowest BCUT2D eigenvalue weighted by molar-refractivity contribution is -0.146. The van der Waals surface area contributed by atoms with Crippen molar-refractivity contribution in [1.29, 1.82) is 0 Å². The molecule has 1 N–H and O–H groups in total. The molecule has 2 aromatic carbocycles. The molecule has 10 heteroatoms. The topological polar surface area (TPSA) is 86.1 Å². The first-order chi connectivity index (χ1) is 14.0. The summed E-state index contributed by atoms with van der Waals surface area (Å²) in [5.74, 6) is -0.867. The number of amides is 1. The van der Waals surface area contributed by atoms with Gasteiger partial charge in [0.05, 0.1) is 17.8 Å². The second-order valence-electron chi connectivity index (χ2n) is 5.76. The number of carbonyl (C=O) groups is 2. The lowest BCUT2D eigenvalue weighted by atomic mass is 10.2. The summed E-state index contributed by atoms with van der Waals surface area (Å²) in [5.41, 5.74) is 0.984. The zero-order valence-corrected chi connectivity index (χ0v) is 16.6. The molecule has 0 saturated carbocycles. The predicted octanol–water partition coefficient (Wildman–Crippen LogP) is 3.72. The fraction of sp³-hybridized carbons (Fsp3) is 0.158. The third-order valence-corrected chi connectivity index (χ3v) is 4.90. The van der Waals surface area contributed by atoms with E-state index >= 15 is 0 Å². The number of halogens is 2. The summed E-state index contributed by atoms with van der Waals surface area (Å²) in [5, 5.41) is 7.11. The summed E-state index contributed by atoms with van der Waals surface area (Å²) in [6.45, 7) is -0.427. The Balaban J connectivity index is 1.47. The SMILES string of the molecule is O=C(COC(=O)CCSc1ccc(F)cc1)Nc1cc(Cl)ccc1-n1cncn1. The van der Waals surface area contributed by atoms with Crippen LogP contribution in [0.4, 0.5) is 10.1 Å². The van der Waals surface area contributed by atoms with E-state index in [1.807, 2.05) is 0 Å². The molecule has 3 rings (SSSR count). The number of nitrogens with zero attached hydrogens (tertiary/aromatic N) is 3. The smallest absolute Gasteiger partial charge is 0.307 e. The third kappa shape index (κ3) is 6.30. The van der Waals surface area contributed by atoms with Gasteiger partial charge in [-0.15, -0.1) is 11.8 Å². The summed E-state index contributed by atoms with van der Waals surface area (Å²) in [6, 6.07) is 10.9. The van der Waals surface area contributed by atoms with Gasteiger partial charge in [0.2, 0.25) is 0 Å².